The predicted molar refractivity (Wildman–Crippen MR) is 123 cm³/mol. The molecule has 0 saturated carbocycles. The topological polar surface area (TPSA) is 70.4 Å². The summed E-state index contributed by atoms with van der Waals surface area (Å²) in [7, 11) is 2.18. The molecule has 0 spiro atoms. The van der Waals surface area contributed by atoms with Gasteiger partial charge in [-0.2, -0.15) is 0 Å². The summed E-state index contributed by atoms with van der Waals surface area (Å²) in [6.07, 6.45) is 5.26. The highest BCUT2D eigenvalue weighted by Gasteiger charge is 2.26. The minimum absolute atomic E-state index is 0.338. The number of amides is 1. The van der Waals surface area contributed by atoms with E-state index in [4.69, 9.17) is 10.2 Å². The van der Waals surface area contributed by atoms with E-state index in [1.54, 1.807) is 11.6 Å². The zero-order chi connectivity index (χ0) is 21.8. The number of likely N-dealkylation sites (N-methyl/N-ethyl adjacent to an activating group) is 1. The van der Waals surface area contributed by atoms with Crippen molar-refractivity contribution >= 4 is 12.0 Å². The molecule has 2 N–H and O–H groups in total. The Morgan fingerprint density at radius 2 is 1.94 bits per heavy atom. The van der Waals surface area contributed by atoms with Crippen LogP contribution in [0.4, 0.5) is 0 Å². The van der Waals surface area contributed by atoms with E-state index in [0.717, 1.165) is 54.3 Å². The van der Waals surface area contributed by atoms with E-state index in [2.05, 4.69) is 53.8 Å². The summed E-state index contributed by atoms with van der Waals surface area (Å²) in [6.45, 7) is 4.18. The Morgan fingerprint density at radius 1 is 1.16 bits per heavy atom. The lowest BCUT2D eigenvalue weighted by atomic mass is 10.0. The van der Waals surface area contributed by atoms with Crippen molar-refractivity contribution in [1.29, 1.82) is 0 Å². The second kappa shape index (κ2) is 9.29. The number of carbonyl (C=O) groups excluding carboxylic acids is 1. The largest absolute Gasteiger partial charge is 0.319 e. The van der Waals surface area contributed by atoms with Crippen molar-refractivity contribution in [2.75, 3.05) is 20.1 Å². The fourth-order valence-corrected chi connectivity index (χ4v) is 4.39. The predicted octanol–water partition coefficient (Wildman–Crippen LogP) is 4.31. The van der Waals surface area contributed by atoms with Crippen molar-refractivity contribution in [3.63, 3.8) is 0 Å². The molecule has 1 saturated heterocycles. The van der Waals surface area contributed by atoms with Crippen LogP contribution in [-0.2, 0) is 4.79 Å². The second-order valence-electron chi connectivity index (χ2n) is 8.10. The van der Waals surface area contributed by atoms with Crippen LogP contribution in [-0.4, -0.2) is 45.7 Å². The third kappa shape index (κ3) is 4.60. The maximum absolute atomic E-state index is 11.4. The Bertz CT molecular complexity index is 1090. The van der Waals surface area contributed by atoms with Gasteiger partial charge in [0.2, 0.25) is 0 Å². The van der Waals surface area contributed by atoms with Crippen molar-refractivity contribution in [2.24, 2.45) is 0 Å². The van der Waals surface area contributed by atoms with Crippen LogP contribution in [0.25, 0.3) is 28.7 Å². The molecule has 1 unspecified atom stereocenters. The Hall–Kier alpha value is -3.22. The number of hydrogen-bond donors (Lipinski definition) is 2. The number of hydroxylamine groups is 1. The highest BCUT2D eigenvalue weighted by Crippen LogP contribution is 2.36. The zero-order valence-electron chi connectivity index (χ0n) is 18.0. The van der Waals surface area contributed by atoms with Crippen LogP contribution >= 0.6 is 0 Å². The number of piperidine rings is 1. The van der Waals surface area contributed by atoms with Gasteiger partial charge in [0.15, 0.2) is 0 Å². The first-order valence-corrected chi connectivity index (χ1v) is 10.6. The SMILES string of the molecule is Cc1nc(-c2cccc(/C=C/C(=O)NO)c2)n(C2CCCN(C)C2)c1-c1ccccc1. The van der Waals surface area contributed by atoms with Gasteiger partial charge in [-0.25, -0.2) is 10.5 Å². The molecule has 1 aromatic heterocycles. The van der Waals surface area contributed by atoms with E-state index in [0.29, 0.717) is 6.04 Å². The van der Waals surface area contributed by atoms with Crippen LogP contribution < -0.4 is 5.48 Å². The molecule has 1 fully saturated rings. The van der Waals surface area contributed by atoms with Crippen LogP contribution in [0.2, 0.25) is 0 Å². The first kappa shape index (κ1) is 21.0. The minimum atomic E-state index is -0.556. The number of likely N-dealkylation sites (tertiary alicyclic amines) is 1. The van der Waals surface area contributed by atoms with Gasteiger partial charge in [0.05, 0.1) is 11.4 Å². The van der Waals surface area contributed by atoms with Gasteiger partial charge in [0.25, 0.3) is 5.91 Å². The molecule has 0 aliphatic carbocycles. The van der Waals surface area contributed by atoms with Gasteiger partial charge in [-0.1, -0.05) is 48.5 Å². The molecule has 0 radical (unpaired) electrons. The number of benzene rings is 2. The highest BCUT2D eigenvalue weighted by molar-refractivity contribution is 5.91. The summed E-state index contributed by atoms with van der Waals surface area (Å²) in [6, 6.07) is 18.8. The van der Waals surface area contributed by atoms with Crippen LogP contribution in [0.3, 0.4) is 0 Å². The Morgan fingerprint density at radius 3 is 2.68 bits per heavy atom. The number of hydrogen-bond acceptors (Lipinski definition) is 4. The molecule has 2 aromatic carbocycles. The molecular weight excluding hydrogens is 388 g/mol. The molecule has 0 bridgehead atoms. The maximum Gasteiger partial charge on any atom is 0.267 e. The molecule has 6 nitrogen and oxygen atoms in total. The summed E-state index contributed by atoms with van der Waals surface area (Å²) in [5.41, 5.74) is 6.84. The minimum Gasteiger partial charge on any atom is -0.319 e. The van der Waals surface area contributed by atoms with Gasteiger partial charge in [-0.3, -0.25) is 10.0 Å². The van der Waals surface area contributed by atoms with Crippen molar-refractivity contribution in [3.05, 3.63) is 71.9 Å². The maximum atomic E-state index is 11.4. The van der Waals surface area contributed by atoms with Crippen molar-refractivity contribution in [1.82, 2.24) is 19.9 Å². The third-order valence-electron chi connectivity index (χ3n) is 5.78. The van der Waals surface area contributed by atoms with Crippen molar-refractivity contribution in [3.8, 4) is 22.6 Å². The van der Waals surface area contributed by atoms with Crippen molar-refractivity contribution < 1.29 is 10.0 Å². The molecule has 2 heterocycles. The monoisotopic (exact) mass is 416 g/mol. The average Bonchev–Trinajstić information content (AvgIpc) is 3.15. The number of nitrogens with zero attached hydrogens (tertiary/aromatic N) is 3. The lowest BCUT2D eigenvalue weighted by Gasteiger charge is -2.32. The summed E-state index contributed by atoms with van der Waals surface area (Å²) in [4.78, 5) is 18.8. The van der Waals surface area contributed by atoms with Crippen molar-refractivity contribution in [2.45, 2.75) is 25.8 Å². The molecule has 1 atom stereocenters. The lowest BCUT2D eigenvalue weighted by Crippen LogP contribution is -2.34. The second-order valence-corrected chi connectivity index (χ2v) is 8.10. The summed E-state index contributed by atoms with van der Waals surface area (Å²) < 4.78 is 2.41. The van der Waals surface area contributed by atoms with Crippen LogP contribution in [0.5, 0.6) is 0 Å². The molecule has 1 aliphatic rings. The molecule has 3 aromatic rings. The van der Waals surface area contributed by atoms with Gasteiger partial charge in [0, 0.05) is 29.8 Å². The first-order valence-electron chi connectivity index (χ1n) is 10.6. The third-order valence-corrected chi connectivity index (χ3v) is 5.78. The molecule has 1 amide bonds. The number of imidazole rings is 1. The fraction of sp³-hybridized carbons (Fsp3) is 0.280. The van der Waals surface area contributed by atoms with E-state index in [1.807, 2.05) is 24.3 Å². The van der Waals surface area contributed by atoms with Gasteiger partial charge in [-0.05, 0) is 51.1 Å². The average molecular weight is 417 g/mol. The normalized spacial score (nSPS) is 17.2. The smallest absolute Gasteiger partial charge is 0.267 e. The zero-order valence-corrected chi connectivity index (χ0v) is 18.0. The van der Waals surface area contributed by atoms with Gasteiger partial charge >= 0.3 is 0 Å². The van der Waals surface area contributed by atoms with E-state index in [1.165, 1.54) is 11.6 Å². The lowest BCUT2D eigenvalue weighted by molar-refractivity contribution is -0.124. The Balaban J connectivity index is 1.83. The van der Waals surface area contributed by atoms with Gasteiger partial charge in [-0.15, -0.1) is 0 Å². The summed E-state index contributed by atoms with van der Waals surface area (Å²) in [5.74, 6) is 0.387. The van der Waals surface area contributed by atoms with Gasteiger partial charge < -0.3 is 9.47 Å². The van der Waals surface area contributed by atoms with E-state index < -0.39 is 5.91 Å². The van der Waals surface area contributed by atoms with E-state index >= 15 is 0 Å². The number of rotatable bonds is 5. The summed E-state index contributed by atoms with van der Waals surface area (Å²) in [5, 5.41) is 8.72. The molecular formula is C25H28N4O2. The van der Waals surface area contributed by atoms with E-state index in [9.17, 15) is 4.79 Å². The first-order chi connectivity index (χ1) is 15.1. The molecule has 1 aliphatic heterocycles. The number of nitrogens with one attached hydrogen (secondary N) is 1. The molecule has 4 rings (SSSR count). The fourth-order valence-electron chi connectivity index (χ4n) is 4.39. The molecule has 31 heavy (non-hydrogen) atoms. The molecule has 160 valence electrons. The molecule has 6 heteroatoms. The van der Waals surface area contributed by atoms with Crippen LogP contribution in [0, 0.1) is 6.92 Å². The summed E-state index contributed by atoms with van der Waals surface area (Å²) >= 11 is 0. The standard InChI is InChI=1S/C25H28N4O2/c1-18-24(20-9-4-3-5-10-20)29(22-12-7-15-28(2)17-22)25(26-18)21-11-6-8-19(16-21)13-14-23(30)27-31/h3-6,8-11,13-14,16,22,31H,7,12,15,17H2,1-2H3,(H,27,30)/b14-13+. The highest BCUT2D eigenvalue weighted by atomic mass is 16.5. The van der Waals surface area contributed by atoms with Crippen LogP contribution in [0.15, 0.2) is 60.7 Å². The number of aryl methyl sites for hydroxylation is 1. The Labute approximate surface area is 182 Å². The number of aromatic nitrogens is 2. The number of carbonyl (C=O) groups is 1. The Kier molecular flexibility index (Phi) is 6.30. The quantitative estimate of drug-likeness (QED) is 0.369. The van der Waals surface area contributed by atoms with E-state index in [-0.39, 0.29) is 0 Å². The van der Waals surface area contributed by atoms with Gasteiger partial charge in [0.1, 0.15) is 5.82 Å². The van der Waals surface area contributed by atoms with Crippen LogP contribution in [0.1, 0.15) is 30.1 Å².